The van der Waals surface area contributed by atoms with Gasteiger partial charge in [0, 0.05) is 25.5 Å². The lowest BCUT2D eigenvalue weighted by Crippen LogP contribution is -2.33. The molecule has 3 nitrogen and oxygen atoms in total. The van der Waals surface area contributed by atoms with Gasteiger partial charge >= 0.3 is 0 Å². The first-order valence-electron chi connectivity index (χ1n) is 5.67. The van der Waals surface area contributed by atoms with Crippen molar-refractivity contribution in [3.05, 3.63) is 24.0 Å². The van der Waals surface area contributed by atoms with Gasteiger partial charge in [0.25, 0.3) is 0 Å². The Bertz CT molecular complexity index is 274. The van der Waals surface area contributed by atoms with Crippen molar-refractivity contribution in [2.75, 3.05) is 13.1 Å². The Labute approximate surface area is 91.5 Å². The monoisotopic (exact) mass is 208 g/mol. The normalized spacial score (nSPS) is 10.3. The molecule has 1 rings (SSSR count). The predicted molar refractivity (Wildman–Crippen MR) is 61.7 cm³/mol. The Hall–Kier alpha value is -1.25. The summed E-state index contributed by atoms with van der Waals surface area (Å²) in [5.74, 6) is 0.235. The van der Waals surface area contributed by atoms with Crippen LogP contribution in [0, 0.1) is 0 Å². The number of hydrogen-bond donors (Lipinski definition) is 1. The molecule has 0 aliphatic carbocycles. The molecule has 3 heteroatoms. The first-order valence-corrected chi connectivity index (χ1v) is 5.67. The lowest BCUT2D eigenvalue weighted by Gasteiger charge is -2.21. The van der Waals surface area contributed by atoms with Gasteiger partial charge < -0.3 is 9.88 Å². The van der Waals surface area contributed by atoms with Crippen LogP contribution in [0.1, 0.15) is 32.3 Å². The summed E-state index contributed by atoms with van der Waals surface area (Å²) in [7, 11) is 0. The summed E-state index contributed by atoms with van der Waals surface area (Å²) in [6.45, 7) is 5.95. The molecule has 0 unspecified atom stereocenters. The summed E-state index contributed by atoms with van der Waals surface area (Å²) in [5, 5.41) is 0. The second kappa shape index (κ2) is 6.27. The molecule has 0 spiro atoms. The van der Waals surface area contributed by atoms with Gasteiger partial charge in [-0.3, -0.25) is 4.79 Å². The highest BCUT2D eigenvalue weighted by molar-refractivity contribution is 5.78. The third kappa shape index (κ3) is 3.78. The molecule has 1 N–H and O–H groups in total. The van der Waals surface area contributed by atoms with E-state index >= 15 is 0 Å². The van der Waals surface area contributed by atoms with Crippen LogP contribution in [-0.2, 0) is 11.2 Å². The molecule has 15 heavy (non-hydrogen) atoms. The molecule has 0 aromatic carbocycles. The van der Waals surface area contributed by atoms with Gasteiger partial charge in [0.2, 0.25) is 5.91 Å². The van der Waals surface area contributed by atoms with E-state index in [9.17, 15) is 4.79 Å². The second-order valence-electron chi connectivity index (χ2n) is 3.78. The Morgan fingerprint density at radius 3 is 2.47 bits per heavy atom. The number of aromatic nitrogens is 1. The number of rotatable bonds is 6. The molecule has 1 aromatic heterocycles. The number of hydrogen-bond acceptors (Lipinski definition) is 1. The van der Waals surface area contributed by atoms with Gasteiger partial charge in [-0.05, 0) is 24.5 Å². The molecular formula is C12H20N2O. The van der Waals surface area contributed by atoms with Crippen LogP contribution in [0.5, 0.6) is 0 Å². The smallest absolute Gasteiger partial charge is 0.227 e. The van der Waals surface area contributed by atoms with E-state index in [0.29, 0.717) is 6.42 Å². The van der Waals surface area contributed by atoms with Crippen LogP contribution in [0.2, 0.25) is 0 Å². The van der Waals surface area contributed by atoms with E-state index in [4.69, 9.17) is 0 Å². The zero-order valence-corrected chi connectivity index (χ0v) is 9.62. The third-order valence-electron chi connectivity index (χ3n) is 2.36. The summed E-state index contributed by atoms with van der Waals surface area (Å²) in [6, 6.07) is 1.95. The maximum atomic E-state index is 11.9. The number of amides is 1. The summed E-state index contributed by atoms with van der Waals surface area (Å²) in [4.78, 5) is 16.8. The fraction of sp³-hybridized carbons (Fsp3) is 0.583. The van der Waals surface area contributed by atoms with Gasteiger partial charge in [0.15, 0.2) is 0 Å². The molecule has 1 heterocycles. The molecule has 1 amide bonds. The predicted octanol–water partition coefficient (Wildman–Crippen LogP) is 2.21. The van der Waals surface area contributed by atoms with E-state index in [1.807, 2.05) is 23.4 Å². The van der Waals surface area contributed by atoms with Crippen molar-refractivity contribution in [1.29, 1.82) is 0 Å². The molecule has 0 bridgehead atoms. The molecule has 0 aliphatic heterocycles. The van der Waals surface area contributed by atoms with E-state index in [0.717, 1.165) is 31.5 Å². The van der Waals surface area contributed by atoms with Crippen LogP contribution in [-0.4, -0.2) is 28.9 Å². The molecule has 0 aliphatic rings. The van der Waals surface area contributed by atoms with Crippen LogP contribution < -0.4 is 0 Å². The Morgan fingerprint density at radius 2 is 2.00 bits per heavy atom. The van der Waals surface area contributed by atoms with Gasteiger partial charge in [-0.1, -0.05) is 13.8 Å². The van der Waals surface area contributed by atoms with Crippen molar-refractivity contribution in [2.45, 2.75) is 33.1 Å². The Balaban J connectivity index is 2.48. The zero-order valence-electron chi connectivity index (χ0n) is 9.62. The van der Waals surface area contributed by atoms with Gasteiger partial charge in [-0.25, -0.2) is 0 Å². The fourth-order valence-electron chi connectivity index (χ4n) is 1.66. The molecule has 0 radical (unpaired) electrons. The lowest BCUT2D eigenvalue weighted by atomic mass is 10.2. The van der Waals surface area contributed by atoms with E-state index in [-0.39, 0.29) is 5.91 Å². The number of aromatic amines is 1. The Kier molecular flexibility index (Phi) is 4.95. The summed E-state index contributed by atoms with van der Waals surface area (Å²) in [6.07, 6.45) is 6.31. The average Bonchev–Trinajstić information content (AvgIpc) is 2.70. The van der Waals surface area contributed by atoms with Crippen molar-refractivity contribution in [3.8, 4) is 0 Å². The number of carbonyl (C=O) groups excluding carboxylic acids is 1. The van der Waals surface area contributed by atoms with Crippen molar-refractivity contribution >= 4 is 5.91 Å². The highest BCUT2D eigenvalue weighted by Gasteiger charge is 2.11. The highest BCUT2D eigenvalue weighted by atomic mass is 16.2. The molecule has 84 valence electrons. The number of carbonyl (C=O) groups is 1. The second-order valence-corrected chi connectivity index (χ2v) is 3.78. The van der Waals surface area contributed by atoms with Crippen molar-refractivity contribution in [1.82, 2.24) is 9.88 Å². The van der Waals surface area contributed by atoms with E-state index < -0.39 is 0 Å². The molecule has 0 saturated carbocycles. The largest absolute Gasteiger partial charge is 0.367 e. The zero-order chi connectivity index (χ0) is 11.1. The van der Waals surface area contributed by atoms with Crippen LogP contribution in [0.15, 0.2) is 18.5 Å². The van der Waals surface area contributed by atoms with Crippen LogP contribution in [0.25, 0.3) is 0 Å². The van der Waals surface area contributed by atoms with Gasteiger partial charge in [0.05, 0.1) is 6.42 Å². The molecule has 0 fully saturated rings. The summed E-state index contributed by atoms with van der Waals surface area (Å²) < 4.78 is 0. The topological polar surface area (TPSA) is 36.1 Å². The van der Waals surface area contributed by atoms with E-state index in [1.54, 1.807) is 0 Å². The molecule has 1 aromatic rings. The first-order chi connectivity index (χ1) is 7.27. The SMILES string of the molecule is CCCN(CCC)C(=O)Cc1cc[nH]c1. The van der Waals surface area contributed by atoms with Crippen LogP contribution in [0.4, 0.5) is 0 Å². The third-order valence-corrected chi connectivity index (χ3v) is 2.36. The van der Waals surface area contributed by atoms with Gasteiger partial charge in [0.1, 0.15) is 0 Å². The van der Waals surface area contributed by atoms with Gasteiger partial charge in [-0.2, -0.15) is 0 Å². The van der Waals surface area contributed by atoms with Crippen LogP contribution >= 0.6 is 0 Å². The van der Waals surface area contributed by atoms with E-state index in [2.05, 4.69) is 18.8 Å². The number of nitrogens with one attached hydrogen (secondary N) is 1. The summed E-state index contributed by atoms with van der Waals surface area (Å²) in [5.41, 5.74) is 1.07. The number of nitrogens with zero attached hydrogens (tertiary/aromatic N) is 1. The maximum absolute atomic E-state index is 11.9. The fourth-order valence-corrected chi connectivity index (χ4v) is 1.66. The molecule has 0 atom stereocenters. The quantitative estimate of drug-likeness (QED) is 0.764. The minimum atomic E-state index is 0.235. The minimum absolute atomic E-state index is 0.235. The standard InChI is InChI=1S/C12H20N2O/c1-3-7-14(8-4-2)12(15)9-11-5-6-13-10-11/h5-6,10,13H,3-4,7-9H2,1-2H3. The maximum Gasteiger partial charge on any atom is 0.227 e. The van der Waals surface area contributed by atoms with Crippen molar-refractivity contribution < 1.29 is 4.79 Å². The van der Waals surface area contributed by atoms with Gasteiger partial charge in [-0.15, -0.1) is 0 Å². The Morgan fingerprint density at radius 1 is 1.33 bits per heavy atom. The minimum Gasteiger partial charge on any atom is -0.367 e. The van der Waals surface area contributed by atoms with Crippen LogP contribution in [0.3, 0.4) is 0 Å². The molecule has 0 saturated heterocycles. The highest BCUT2D eigenvalue weighted by Crippen LogP contribution is 2.03. The first kappa shape index (κ1) is 11.8. The average molecular weight is 208 g/mol. The number of H-pyrrole nitrogens is 1. The van der Waals surface area contributed by atoms with Crippen molar-refractivity contribution in [3.63, 3.8) is 0 Å². The lowest BCUT2D eigenvalue weighted by molar-refractivity contribution is -0.130. The van der Waals surface area contributed by atoms with E-state index in [1.165, 1.54) is 0 Å². The van der Waals surface area contributed by atoms with Crippen molar-refractivity contribution in [2.24, 2.45) is 0 Å². The summed E-state index contributed by atoms with van der Waals surface area (Å²) >= 11 is 0. The molecular weight excluding hydrogens is 188 g/mol.